The summed E-state index contributed by atoms with van der Waals surface area (Å²) in [6.07, 6.45) is 0.993. The van der Waals surface area contributed by atoms with E-state index in [1.807, 2.05) is 0 Å². The second kappa shape index (κ2) is 5.71. The van der Waals surface area contributed by atoms with Gasteiger partial charge in [0.2, 0.25) is 0 Å². The second-order valence-corrected chi connectivity index (χ2v) is 6.74. The quantitative estimate of drug-likeness (QED) is 0.687. The molecule has 0 radical (unpaired) electrons. The van der Waals surface area contributed by atoms with Crippen molar-refractivity contribution in [3.05, 3.63) is 57.6 Å². The highest BCUT2D eigenvalue weighted by molar-refractivity contribution is 7.90. The first kappa shape index (κ1) is 15.3. The van der Waals surface area contributed by atoms with Gasteiger partial charge in [-0.05, 0) is 24.3 Å². The van der Waals surface area contributed by atoms with Crippen LogP contribution in [0.5, 0.6) is 0 Å². The summed E-state index contributed by atoms with van der Waals surface area (Å²) in [4.78, 5) is 10.4. The van der Waals surface area contributed by atoms with E-state index < -0.39 is 14.8 Å². The zero-order valence-electron chi connectivity index (χ0n) is 10.9. The molecule has 0 aliphatic rings. The Morgan fingerprint density at radius 3 is 2.38 bits per heavy atom. The van der Waals surface area contributed by atoms with Gasteiger partial charge in [-0.1, -0.05) is 23.7 Å². The highest BCUT2D eigenvalue weighted by atomic mass is 35.5. The van der Waals surface area contributed by atoms with Gasteiger partial charge in [0.1, 0.15) is 5.69 Å². The predicted octanol–water partition coefficient (Wildman–Crippen LogP) is 3.40. The average Bonchev–Trinajstić information content (AvgIpc) is 2.40. The van der Waals surface area contributed by atoms with E-state index in [2.05, 4.69) is 5.32 Å². The number of hydrogen-bond donors (Lipinski definition) is 1. The molecule has 0 amide bonds. The molecule has 8 heteroatoms. The van der Waals surface area contributed by atoms with Crippen LogP contribution in [-0.4, -0.2) is 19.6 Å². The third-order valence-corrected chi connectivity index (χ3v) is 4.18. The van der Waals surface area contributed by atoms with Gasteiger partial charge in [0.15, 0.2) is 9.84 Å². The van der Waals surface area contributed by atoms with Crippen molar-refractivity contribution in [3.8, 4) is 0 Å². The highest BCUT2D eigenvalue weighted by Gasteiger charge is 2.19. The molecule has 2 aromatic carbocycles. The minimum Gasteiger partial charge on any atom is -0.349 e. The molecule has 2 rings (SSSR count). The number of nitrogens with zero attached hydrogens (tertiary/aromatic N) is 1. The molecule has 0 spiro atoms. The van der Waals surface area contributed by atoms with Crippen LogP contribution in [0.25, 0.3) is 0 Å². The maximum Gasteiger partial charge on any atom is 0.293 e. The molecular weight excluding hydrogens is 316 g/mol. The molecule has 0 saturated heterocycles. The first-order valence-electron chi connectivity index (χ1n) is 5.79. The van der Waals surface area contributed by atoms with E-state index in [1.54, 1.807) is 24.3 Å². The third-order valence-electron chi connectivity index (χ3n) is 2.74. The van der Waals surface area contributed by atoms with Crippen LogP contribution in [0.2, 0.25) is 5.02 Å². The summed E-state index contributed by atoms with van der Waals surface area (Å²) in [5.74, 6) is 0. The molecule has 0 saturated carbocycles. The maximum absolute atomic E-state index is 11.5. The highest BCUT2D eigenvalue weighted by Crippen LogP contribution is 2.32. The summed E-state index contributed by atoms with van der Waals surface area (Å²) in [6, 6.07) is 10.4. The lowest BCUT2D eigenvalue weighted by Gasteiger charge is -2.09. The van der Waals surface area contributed by atoms with E-state index in [0.717, 1.165) is 12.3 Å². The van der Waals surface area contributed by atoms with Gasteiger partial charge in [0.25, 0.3) is 5.69 Å². The van der Waals surface area contributed by atoms with E-state index in [0.29, 0.717) is 10.7 Å². The molecule has 0 unspecified atom stereocenters. The molecule has 21 heavy (non-hydrogen) atoms. The molecule has 0 aliphatic heterocycles. The van der Waals surface area contributed by atoms with Crippen molar-refractivity contribution in [3.63, 3.8) is 0 Å². The van der Waals surface area contributed by atoms with Crippen LogP contribution in [-0.2, 0) is 9.84 Å². The summed E-state index contributed by atoms with van der Waals surface area (Å²) in [6.45, 7) is 0. The Morgan fingerprint density at radius 1 is 1.14 bits per heavy atom. The lowest BCUT2D eigenvalue weighted by atomic mass is 10.2. The Bertz CT molecular complexity index is 806. The predicted molar refractivity (Wildman–Crippen MR) is 80.9 cm³/mol. The fourth-order valence-electron chi connectivity index (χ4n) is 1.71. The van der Waals surface area contributed by atoms with Crippen molar-refractivity contribution in [2.75, 3.05) is 11.6 Å². The molecule has 6 nitrogen and oxygen atoms in total. The summed E-state index contributed by atoms with van der Waals surface area (Å²) in [7, 11) is -3.51. The van der Waals surface area contributed by atoms with Crippen LogP contribution in [0.15, 0.2) is 47.4 Å². The fraction of sp³-hybridized carbons (Fsp3) is 0.0769. The van der Waals surface area contributed by atoms with Crippen molar-refractivity contribution < 1.29 is 13.3 Å². The minimum atomic E-state index is -3.51. The number of para-hydroxylation sites is 1. The van der Waals surface area contributed by atoms with E-state index in [9.17, 15) is 18.5 Å². The van der Waals surface area contributed by atoms with E-state index >= 15 is 0 Å². The number of anilines is 2. The maximum atomic E-state index is 11.5. The van der Waals surface area contributed by atoms with Gasteiger partial charge in [-0.3, -0.25) is 10.1 Å². The number of benzene rings is 2. The summed E-state index contributed by atoms with van der Waals surface area (Å²) >= 11 is 5.98. The Hall–Kier alpha value is -2.12. The number of sulfone groups is 1. The molecule has 110 valence electrons. The Morgan fingerprint density at radius 2 is 1.81 bits per heavy atom. The van der Waals surface area contributed by atoms with Gasteiger partial charge in [-0.2, -0.15) is 0 Å². The number of hydrogen-bond acceptors (Lipinski definition) is 5. The third kappa shape index (κ3) is 3.50. The topological polar surface area (TPSA) is 89.3 Å². The minimum absolute atomic E-state index is 0.112. The molecule has 0 atom stereocenters. The summed E-state index contributed by atoms with van der Waals surface area (Å²) < 4.78 is 22.9. The molecule has 0 aromatic heterocycles. The standard InChI is InChI=1S/C13H11ClN2O4S/c1-21(19,20)9-6-7-12(13(8-9)16(17)18)15-11-5-3-2-4-10(11)14/h2-8,15H,1H3. The Kier molecular flexibility index (Phi) is 4.15. The van der Waals surface area contributed by atoms with Crippen LogP contribution in [0, 0.1) is 10.1 Å². The van der Waals surface area contributed by atoms with Crippen LogP contribution in [0.4, 0.5) is 17.1 Å². The summed E-state index contributed by atoms with van der Waals surface area (Å²) in [5.41, 5.74) is 0.327. The number of nitro benzene ring substituents is 1. The van der Waals surface area contributed by atoms with Gasteiger partial charge in [-0.15, -0.1) is 0 Å². The number of halogens is 1. The second-order valence-electron chi connectivity index (χ2n) is 4.31. The van der Waals surface area contributed by atoms with Gasteiger partial charge in [0, 0.05) is 12.3 Å². The molecule has 2 aromatic rings. The SMILES string of the molecule is CS(=O)(=O)c1ccc(Nc2ccccc2Cl)c([N+](=O)[O-])c1. The van der Waals surface area contributed by atoms with Crippen molar-refractivity contribution in [2.24, 2.45) is 0 Å². The van der Waals surface area contributed by atoms with Crippen LogP contribution in [0.1, 0.15) is 0 Å². The Labute approximate surface area is 126 Å². The monoisotopic (exact) mass is 326 g/mol. The van der Waals surface area contributed by atoms with E-state index in [4.69, 9.17) is 11.6 Å². The number of nitrogens with one attached hydrogen (secondary N) is 1. The number of rotatable bonds is 4. The lowest BCUT2D eigenvalue weighted by Crippen LogP contribution is -2.02. The zero-order chi connectivity index (χ0) is 15.6. The largest absolute Gasteiger partial charge is 0.349 e. The van der Waals surface area contributed by atoms with E-state index in [1.165, 1.54) is 12.1 Å². The molecule has 1 N–H and O–H groups in total. The van der Waals surface area contributed by atoms with Gasteiger partial charge in [0.05, 0.1) is 20.5 Å². The molecule has 0 bridgehead atoms. The fourth-order valence-corrected chi connectivity index (χ4v) is 2.53. The average molecular weight is 327 g/mol. The first-order valence-corrected chi connectivity index (χ1v) is 8.06. The van der Waals surface area contributed by atoms with Gasteiger partial charge >= 0.3 is 0 Å². The van der Waals surface area contributed by atoms with Crippen LogP contribution in [0.3, 0.4) is 0 Å². The van der Waals surface area contributed by atoms with Crippen molar-refractivity contribution in [1.29, 1.82) is 0 Å². The molecule has 0 aliphatic carbocycles. The van der Waals surface area contributed by atoms with Crippen LogP contribution >= 0.6 is 11.6 Å². The Balaban J connectivity index is 2.50. The van der Waals surface area contributed by atoms with Crippen molar-refractivity contribution in [2.45, 2.75) is 4.90 Å². The van der Waals surface area contributed by atoms with Crippen LogP contribution < -0.4 is 5.32 Å². The van der Waals surface area contributed by atoms with Gasteiger partial charge < -0.3 is 5.32 Å². The first-order chi connectivity index (χ1) is 9.79. The number of nitro groups is 1. The molecule has 0 fully saturated rings. The van der Waals surface area contributed by atoms with Crippen molar-refractivity contribution in [1.82, 2.24) is 0 Å². The normalized spacial score (nSPS) is 11.1. The zero-order valence-corrected chi connectivity index (χ0v) is 12.5. The molecule has 0 heterocycles. The smallest absolute Gasteiger partial charge is 0.293 e. The lowest BCUT2D eigenvalue weighted by molar-refractivity contribution is -0.384. The molecular formula is C13H11ClN2O4S. The van der Waals surface area contributed by atoms with E-state index in [-0.39, 0.29) is 16.3 Å². The summed E-state index contributed by atoms with van der Waals surface area (Å²) in [5, 5.41) is 14.3. The van der Waals surface area contributed by atoms with Crippen molar-refractivity contribution >= 4 is 38.5 Å². The van der Waals surface area contributed by atoms with Gasteiger partial charge in [-0.25, -0.2) is 8.42 Å².